The van der Waals surface area contributed by atoms with Gasteiger partial charge in [0.2, 0.25) is 0 Å². The fraction of sp³-hybridized carbons (Fsp3) is 0.250. The molecule has 2 rings (SSSR count). The predicted octanol–water partition coefficient (Wildman–Crippen LogP) is 2.57. The second-order valence-corrected chi connectivity index (χ2v) is 3.07. The molecule has 0 unspecified atom stereocenters. The molecule has 15 heavy (non-hydrogen) atoms. The SMILES string of the molecule is CC.Cc1ccc2[nH]c(=O)cc(O)c2c1. The number of nitrogens with one attached hydrogen (secondary N) is 1. The van der Waals surface area contributed by atoms with E-state index in [2.05, 4.69) is 4.98 Å². The lowest BCUT2D eigenvalue weighted by atomic mass is 10.1. The van der Waals surface area contributed by atoms with Crippen LogP contribution in [0.15, 0.2) is 29.1 Å². The number of fused-ring (bicyclic) bond motifs is 1. The molecular formula is C12H15NO2. The van der Waals surface area contributed by atoms with Gasteiger partial charge in [-0.05, 0) is 19.1 Å². The lowest BCUT2D eigenvalue weighted by Crippen LogP contribution is -2.02. The summed E-state index contributed by atoms with van der Waals surface area (Å²) in [6, 6.07) is 6.69. The van der Waals surface area contributed by atoms with Gasteiger partial charge in [-0.15, -0.1) is 0 Å². The third-order valence-electron chi connectivity index (χ3n) is 1.98. The Morgan fingerprint density at radius 3 is 2.53 bits per heavy atom. The molecule has 0 saturated heterocycles. The average Bonchev–Trinajstić information content (AvgIpc) is 2.22. The van der Waals surface area contributed by atoms with Crippen molar-refractivity contribution in [3.05, 3.63) is 40.2 Å². The number of aryl methyl sites for hydroxylation is 1. The Kier molecular flexibility index (Phi) is 3.50. The minimum absolute atomic E-state index is 0.0300. The molecule has 1 heterocycles. The van der Waals surface area contributed by atoms with Crippen LogP contribution in [-0.2, 0) is 0 Å². The van der Waals surface area contributed by atoms with Crippen LogP contribution in [-0.4, -0.2) is 10.1 Å². The summed E-state index contributed by atoms with van der Waals surface area (Å²) in [6.07, 6.45) is 0. The number of benzene rings is 1. The smallest absolute Gasteiger partial charge is 0.252 e. The number of H-pyrrole nitrogens is 1. The molecule has 0 saturated carbocycles. The van der Waals surface area contributed by atoms with Crippen molar-refractivity contribution in [2.24, 2.45) is 0 Å². The standard InChI is InChI=1S/C10H9NO2.C2H6/c1-6-2-3-8-7(4-6)9(12)5-10(13)11-8;1-2/h2-5H,1H3,(H2,11,12,13);1-2H3. The molecule has 0 atom stereocenters. The Labute approximate surface area is 88.4 Å². The van der Waals surface area contributed by atoms with Crippen LogP contribution in [0.2, 0.25) is 0 Å². The number of hydrogen-bond donors (Lipinski definition) is 2. The number of aromatic nitrogens is 1. The first-order chi connectivity index (χ1) is 7.16. The van der Waals surface area contributed by atoms with Crippen molar-refractivity contribution in [1.29, 1.82) is 0 Å². The Bertz CT molecular complexity index is 515. The number of hydrogen-bond acceptors (Lipinski definition) is 2. The van der Waals surface area contributed by atoms with Gasteiger partial charge in [0.15, 0.2) is 0 Å². The van der Waals surface area contributed by atoms with Gasteiger partial charge >= 0.3 is 0 Å². The third-order valence-corrected chi connectivity index (χ3v) is 1.98. The average molecular weight is 205 g/mol. The summed E-state index contributed by atoms with van der Waals surface area (Å²) < 4.78 is 0. The quantitative estimate of drug-likeness (QED) is 0.694. The molecule has 3 heteroatoms. The first-order valence-corrected chi connectivity index (χ1v) is 4.99. The van der Waals surface area contributed by atoms with Crippen LogP contribution >= 0.6 is 0 Å². The number of aromatic amines is 1. The highest BCUT2D eigenvalue weighted by Gasteiger charge is 2.00. The van der Waals surface area contributed by atoms with Gasteiger partial charge in [0.1, 0.15) is 5.75 Å². The van der Waals surface area contributed by atoms with Crippen molar-refractivity contribution >= 4 is 10.9 Å². The topological polar surface area (TPSA) is 53.1 Å². The summed E-state index contributed by atoms with van der Waals surface area (Å²) >= 11 is 0. The summed E-state index contributed by atoms with van der Waals surface area (Å²) in [7, 11) is 0. The molecule has 3 nitrogen and oxygen atoms in total. The van der Waals surface area contributed by atoms with Crippen molar-refractivity contribution in [3.63, 3.8) is 0 Å². The number of pyridine rings is 1. The second-order valence-electron chi connectivity index (χ2n) is 3.07. The van der Waals surface area contributed by atoms with Crippen LogP contribution < -0.4 is 5.56 Å². The Balaban J connectivity index is 0.000000531. The lowest BCUT2D eigenvalue weighted by molar-refractivity contribution is 0.480. The van der Waals surface area contributed by atoms with Crippen LogP contribution in [0.25, 0.3) is 10.9 Å². The molecule has 80 valence electrons. The predicted molar refractivity (Wildman–Crippen MR) is 62.3 cm³/mol. The van der Waals surface area contributed by atoms with Gasteiger partial charge in [0.05, 0.1) is 5.52 Å². The van der Waals surface area contributed by atoms with E-state index in [-0.39, 0.29) is 11.3 Å². The molecule has 0 fully saturated rings. The molecule has 0 aliphatic rings. The Hall–Kier alpha value is -1.77. The van der Waals surface area contributed by atoms with Gasteiger partial charge in [-0.2, -0.15) is 0 Å². The van der Waals surface area contributed by atoms with E-state index in [1.54, 1.807) is 6.07 Å². The molecule has 0 aliphatic carbocycles. The van der Waals surface area contributed by atoms with E-state index >= 15 is 0 Å². The summed E-state index contributed by atoms with van der Waals surface area (Å²) in [5, 5.41) is 10.1. The molecule has 0 aliphatic heterocycles. The van der Waals surface area contributed by atoms with Crippen molar-refractivity contribution in [3.8, 4) is 5.75 Å². The summed E-state index contributed by atoms with van der Waals surface area (Å²) in [5.41, 5.74) is 1.43. The second kappa shape index (κ2) is 4.64. The minimum atomic E-state index is -0.283. The van der Waals surface area contributed by atoms with Crippen molar-refractivity contribution < 1.29 is 5.11 Å². The highest BCUT2D eigenvalue weighted by molar-refractivity contribution is 5.84. The zero-order chi connectivity index (χ0) is 11.4. The maximum atomic E-state index is 11.0. The van der Waals surface area contributed by atoms with Crippen molar-refractivity contribution in [1.82, 2.24) is 4.98 Å². The van der Waals surface area contributed by atoms with Gasteiger partial charge < -0.3 is 10.1 Å². The van der Waals surface area contributed by atoms with Gasteiger partial charge in [-0.3, -0.25) is 4.79 Å². The number of rotatable bonds is 0. The Morgan fingerprint density at radius 1 is 1.20 bits per heavy atom. The molecule has 0 radical (unpaired) electrons. The highest BCUT2D eigenvalue weighted by atomic mass is 16.3. The van der Waals surface area contributed by atoms with Crippen molar-refractivity contribution in [2.45, 2.75) is 20.8 Å². The normalized spacial score (nSPS) is 9.53. The fourth-order valence-electron chi connectivity index (χ4n) is 1.35. The first kappa shape index (κ1) is 11.3. The van der Waals surface area contributed by atoms with Crippen LogP contribution in [0, 0.1) is 6.92 Å². The summed E-state index contributed by atoms with van der Waals surface area (Å²) in [4.78, 5) is 13.6. The highest BCUT2D eigenvalue weighted by Crippen LogP contribution is 2.21. The zero-order valence-corrected chi connectivity index (χ0v) is 9.16. The zero-order valence-electron chi connectivity index (χ0n) is 9.16. The molecule has 1 aromatic heterocycles. The van der Waals surface area contributed by atoms with Gasteiger partial charge in [-0.25, -0.2) is 0 Å². The van der Waals surface area contributed by atoms with E-state index in [4.69, 9.17) is 0 Å². The summed E-state index contributed by atoms with van der Waals surface area (Å²) in [6.45, 7) is 5.93. The lowest BCUT2D eigenvalue weighted by Gasteiger charge is -2.00. The maximum absolute atomic E-state index is 11.0. The van der Waals surface area contributed by atoms with E-state index in [0.29, 0.717) is 10.9 Å². The van der Waals surface area contributed by atoms with Gasteiger partial charge in [0.25, 0.3) is 5.56 Å². The largest absolute Gasteiger partial charge is 0.507 e. The van der Waals surface area contributed by atoms with Crippen LogP contribution in [0.1, 0.15) is 19.4 Å². The van der Waals surface area contributed by atoms with E-state index in [1.807, 2.05) is 32.9 Å². The van der Waals surface area contributed by atoms with E-state index in [1.165, 1.54) is 6.07 Å². The Morgan fingerprint density at radius 2 is 1.87 bits per heavy atom. The molecular weight excluding hydrogens is 190 g/mol. The molecule has 0 spiro atoms. The molecule has 2 aromatic rings. The summed E-state index contributed by atoms with van der Waals surface area (Å²) in [5.74, 6) is 0.0300. The third kappa shape index (κ3) is 2.37. The first-order valence-electron chi connectivity index (χ1n) is 4.99. The maximum Gasteiger partial charge on any atom is 0.252 e. The fourth-order valence-corrected chi connectivity index (χ4v) is 1.35. The van der Waals surface area contributed by atoms with E-state index < -0.39 is 0 Å². The van der Waals surface area contributed by atoms with Gasteiger partial charge in [-0.1, -0.05) is 25.5 Å². The van der Waals surface area contributed by atoms with Crippen LogP contribution in [0.4, 0.5) is 0 Å². The van der Waals surface area contributed by atoms with Crippen molar-refractivity contribution in [2.75, 3.05) is 0 Å². The molecule has 0 amide bonds. The molecule has 1 aromatic carbocycles. The molecule has 2 N–H and O–H groups in total. The van der Waals surface area contributed by atoms with E-state index in [0.717, 1.165) is 5.56 Å². The number of aromatic hydroxyl groups is 1. The van der Waals surface area contributed by atoms with Crippen LogP contribution in [0.5, 0.6) is 5.75 Å². The van der Waals surface area contributed by atoms with Gasteiger partial charge in [0, 0.05) is 11.5 Å². The van der Waals surface area contributed by atoms with Crippen LogP contribution in [0.3, 0.4) is 0 Å². The molecule has 0 bridgehead atoms. The van der Waals surface area contributed by atoms with E-state index in [9.17, 15) is 9.90 Å². The minimum Gasteiger partial charge on any atom is -0.507 e. The monoisotopic (exact) mass is 205 g/mol.